The predicted octanol–water partition coefficient (Wildman–Crippen LogP) is 2.58. The molecule has 1 amide bonds. The molecule has 33 heavy (non-hydrogen) atoms. The lowest BCUT2D eigenvalue weighted by Gasteiger charge is -2.26. The first-order chi connectivity index (χ1) is 15.8. The first-order valence-corrected chi connectivity index (χ1v) is 12.0. The number of benzene rings is 2. The van der Waals surface area contributed by atoms with Crippen LogP contribution >= 0.6 is 0 Å². The highest BCUT2D eigenvalue weighted by atomic mass is 32.2. The second-order valence-corrected chi connectivity index (χ2v) is 9.74. The minimum absolute atomic E-state index is 0.0613. The van der Waals surface area contributed by atoms with Gasteiger partial charge in [-0.05, 0) is 49.2 Å². The number of hydrogen-bond acceptors (Lipinski definition) is 5. The van der Waals surface area contributed by atoms with Crippen LogP contribution in [0.15, 0.2) is 53.7 Å². The van der Waals surface area contributed by atoms with E-state index in [1.165, 1.54) is 22.5 Å². The van der Waals surface area contributed by atoms with Crippen LogP contribution in [-0.4, -0.2) is 54.5 Å². The van der Waals surface area contributed by atoms with E-state index in [1.54, 1.807) is 49.0 Å². The average Bonchev–Trinajstić information content (AvgIpc) is 3.23. The number of carbonyl (C=O) groups excluding carboxylic acids is 1. The number of nitrogens with one attached hydrogen (secondary N) is 1. The molecule has 0 saturated carbocycles. The van der Waals surface area contributed by atoms with E-state index in [0.29, 0.717) is 35.9 Å². The van der Waals surface area contributed by atoms with Gasteiger partial charge in [0.05, 0.1) is 23.8 Å². The third-order valence-electron chi connectivity index (χ3n) is 5.61. The van der Waals surface area contributed by atoms with Gasteiger partial charge in [0.1, 0.15) is 11.6 Å². The Morgan fingerprint density at radius 3 is 2.58 bits per heavy atom. The van der Waals surface area contributed by atoms with E-state index in [0.717, 1.165) is 0 Å². The molecule has 0 atom stereocenters. The second kappa shape index (κ2) is 9.42. The molecule has 0 spiro atoms. The summed E-state index contributed by atoms with van der Waals surface area (Å²) >= 11 is 0. The first kappa shape index (κ1) is 23.1. The fourth-order valence-electron chi connectivity index (χ4n) is 3.71. The minimum atomic E-state index is -3.72. The number of hydrogen-bond donors (Lipinski definition) is 1. The lowest BCUT2D eigenvalue weighted by atomic mass is 10.1. The van der Waals surface area contributed by atoms with Gasteiger partial charge in [-0.15, -0.1) is 0 Å². The summed E-state index contributed by atoms with van der Waals surface area (Å²) in [5.74, 6) is -0.198. The molecule has 1 aliphatic heterocycles. The second-order valence-electron chi connectivity index (χ2n) is 7.81. The largest absolute Gasteiger partial charge is 0.379 e. The van der Waals surface area contributed by atoms with E-state index in [2.05, 4.69) is 10.3 Å². The number of imidazole rings is 1. The number of rotatable bonds is 6. The molecule has 1 aromatic heterocycles. The van der Waals surface area contributed by atoms with Gasteiger partial charge in [0, 0.05) is 37.6 Å². The number of ether oxygens (including phenoxy) is 1. The number of amides is 1. The zero-order valence-electron chi connectivity index (χ0n) is 18.4. The third kappa shape index (κ3) is 4.82. The Labute approximate surface area is 192 Å². The Kier molecular flexibility index (Phi) is 6.59. The van der Waals surface area contributed by atoms with Crippen molar-refractivity contribution >= 4 is 15.9 Å². The van der Waals surface area contributed by atoms with Gasteiger partial charge >= 0.3 is 0 Å². The van der Waals surface area contributed by atoms with Crippen molar-refractivity contribution in [2.75, 3.05) is 26.3 Å². The highest BCUT2D eigenvalue weighted by molar-refractivity contribution is 7.89. The van der Waals surface area contributed by atoms with Crippen LogP contribution in [0.2, 0.25) is 0 Å². The Balaban J connectivity index is 1.49. The minimum Gasteiger partial charge on any atom is -0.379 e. The highest BCUT2D eigenvalue weighted by Gasteiger charge is 2.27. The van der Waals surface area contributed by atoms with E-state index >= 15 is 0 Å². The molecule has 0 aliphatic carbocycles. The number of aromatic nitrogens is 2. The molecule has 0 bridgehead atoms. The number of aryl methyl sites for hydroxylation is 2. The molecule has 2 heterocycles. The average molecular weight is 473 g/mol. The maximum absolute atomic E-state index is 14.6. The fraction of sp³-hybridized carbons (Fsp3) is 0.304. The van der Waals surface area contributed by atoms with Crippen molar-refractivity contribution in [3.05, 3.63) is 77.1 Å². The molecular weight excluding hydrogens is 447 g/mol. The Bertz CT molecular complexity index is 1280. The molecule has 4 rings (SSSR count). The van der Waals surface area contributed by atoms with Crippen molar-refractivity contribution < 1.29 is 22.3 Å². The molecule has 174 valence electrons. The van der Waals surface area contributed by atoms with Crippen molar-refractivity contribution in [2.45, 2.75) is 25.3 Å². The van der Waals surface area contributed by atoms with Crippen molar-refractivity contribution in [3.8, 4) is 5.69 Å². The Hall–Kier alpha value is -3.08. The zero-order chi connectivity index (χ0) is 23.6. The van der Waals surface area contributed by atoms with Crippen LogP contribution in [0.5, 0.6) is 0 Å². The molecule has 3 aromatic rings. The number of nitrogens with zero attached hydrogens (tertiary/aromatic N) is 3. The first-order valence-electron chi connectivity index (χ1n) is 10.5. The van der Waals surface area contributed by atoms with Gasteiger partial charge in [-0.2, -0.15) is 4.31 Å². The lowest BCUT2D eigenvalue weighted by molar-refractivity contribution is 0.0730. The SMILES string of the molecule is Cc1ccc(S(=O)(=O)N2CCOCC2)cc1C(=O)NCc1ccc(-n2ccnc2C)c(F)c1. The maximum Gasteiger partial charge on any atom is 0.251 e. The van der Waals surface area contributed by atoms with Crippen LogP contribution < -0.4 is 5.32 Å². The van der Waals surface area contributed by atoms with Crippen LogP contribution in [0, 0.1) is 19.7 Å². The Morgan fingerprint density at radius 1 is 1.15 bits per heavy atom. The summed E-state index contributed by atoms with van der Waals surface area (Å²) in [5, 5.41) is 2.75. The van der Waals surface area contributed by atoms with Gasteiger partial charge in [0.15, 0.2) is 0 Å². The van der Waals surface area contributed by atoms with Crippen LogP contribution in [0.25, 0.3) is 5.69 Å². The molecule has 1 fully saturated rings. The maximum atomic E-state index is 14.6. The number of carbonyl (C=O) groups is 1. The van der Waals surface area contributed by atoms with Crippen molar-refractivity contribution in [1.82, 2.24) is 19.2 Å². The summed E-state index contributed by atoms with van der Waals surface area (Å²) in [5.41, 5.74) is 1.86. The molecule has 1 N–H and O–H groups in total. The monoisotopic (exact) mass is 472 g/mol. The van der Waals surface area contributed by atoms with Crippen molar-refractivity contribution in [3.63, 3.8) is 0 Å². The number of sulfonamides is 1. The standard InChI is InChI=1S/C23H25FN4O4S/c1-16-3-5-19(33(30,31)27-9-11-32-12-10-27)14-20(16)23(29)26-15-18-4-6-22(21(24)13-18)28-8-7-25-17(28)2/h3-8,13-14H,9-12,15H2,1-2H3,(H,26,29). The van der Waals surface area contributed by atoms with E-state index in [9.17, 15) is 17.6 Å². The van der Waals surface area contributed by atoms with E-state index in [1.807, 2.05) is 0 Å². The Morgan fingerprint density at radius 2 is 1.91 bits per heavy atom. The highest BCUT2D eigenvalue weighted by Crippen LogP contribution is 2.21. The molecule has 0 radical (unpaired) electrons. The van der Waals surface area contributed by atoms with Gasteiger partial charge in [0.25, 0.3) is 5.91 Å². The molecular formula is C23H25FN4O4S. The number of halogens is 1. The molecule has 1 aliphatic rings. The molecule has 8 nitrogen and oxygen atoms in total. The predicted molar refractivity (Wildman–Crippen MR) is 120 cm³/mol. The normalized spacial score (nSPS) is 14.9. The van der Waals surface area contributed by atoms with Gasteiger partial charge in [-0.25, -0.2) is 17.8 Å². The summed E-state index contributed by atoms with van der Waals surface area (Å²) < 4.78 is 48.7. The summed E-state index contributed by atoms with van der Waals surface area (Å²) in [6.45, 7) is 4.85. The van der Waals surface area contributed by atoms with E-state index < -0.39 is 21.7 Å². The van der Waals surface area contributed by atoms with E-state index in [-0.39, 0.29) is 30.1 Å². The summed E-state index contributed by atoms with van der Waals surface area (Å²) in [4.78, 5) is 17.0. The smallest absolute Gasteiger partial charge is 0.251 e. The van der Waals surface area contributed by atoms with Gasteiger partial charge < -0.3 is 14.6 Å². The summed E-state index contributed by atoms with van der Waals surface area (Å²) in [7, 11) is -3.72. The fourth-order valence-corrected chi connectivity index (χ4v) is 5.14. The van der Waals surface area contributed by atoms with Gasteiger partial charge in [-0.1, -0.05) is 12.1 Å². The third-order valence-corrected chi connectivity index (χ3v) is 7.51. The van der Waals surface area contributed by atoms with Crippen LogP contribution in [0.4, 0.5) is 4.39 Å². The topological polar surface area (TPSA) is 93.5 Å². The quantitative estimate of drug-likeness (QED) is 0.595. The van der Waals surface area contributed by atoms with Crippen LogP contribution in [-0.2, 0) is 21.3 Å². The molecule has 10 heteroatoms. The van der Waals surface area contributed by atoms with Crippen molar-refractivity contribution in [2.24, 2.45) is 0 Å². The number of morpholine rings is 1. The molecule has 2 aromatic carbocycles. The summed E-state index contributed by atoms with van der Waals surface area (Å²) in [6.07, 6.45) is 3.27. The van der Waals surface area contributed by atoms with Crippen molar-refractivity contribution in [1.29, 1.82) is 0 Å². The molecule has 0 unspecified atom stereocenters. The van der Waals surface area contributed by atoms with Gasteiger partial charge in [-0.3, -0.25) is 4.79 Å². The van der Waals surface area contributed by atoms with E-state index in [4.69, 9.17) is 4.74 Å². The van der Waals surface area contributed by atoms with Crippen LogP contribution in [0.1, 0.15) is 27.3 Å². The van der Waals surface area contributed by atoms with Crippen LogP contribution in [0.3, 0.4) is 0 Å². The molecule has 1 saturated heterocycles. The zero-order valence-corrected chi connectivity index (χ0v) is 19.2. The summed E-state index contributed by atoms with van der Waals surface area (Å²) in [6, 6.07) is 9.23. The lowest BCUT2D eigenvalue weighted by Crippen LogP contribution is -2.40. The van der Waals surface area contributed by atoms with Gasteiger partial charge in [0.2, 0.25) is 10.0 Å².